The summed E-state index contributed by atoms with van der Waals surface area (Å²) in [4.78, 5) is 9.96. The lowest BCUT2D eigenvalue weighted by Crippen LogP contribution is -2.33. The molecule has 2 aromatic rings. The SMILES string of the molecule is CCC/C(=C1\CCCN(c2ncc(C(F)(F)F)cn2)C1)c1ccc(NCC)c(C)c1. The van der Waals surface area contributed by atoms with E-state index in [2.05, 4.69) is 54.3 Å². The molecule has 0 amide bonds. The Morgan fingerprint density at radius 2 is 1.90 bits per heavy atom. The highest BCUT2D eigenvalue weighted by atomic mass is 19.4. The van der Waals surface area contributed by atoms with E-state index in [0.29, 0.717) is 12.5 Å². The molecule has 0 radical (unpaired) electrons. The molecule has 1 aliphatic heterocycles. The fraction of sp³-hybridized carbons (Fsp3) is 0.478. The van der Waals surface area contributed by atoms with Gasteiger partial charge in [-0.15, -0.1) is 0 Å². The maximum Gasteiger partial charge on any atom is 0.419 e. The lowest BCUT2D eigenvalue weighted by atomic mass is 9.90. The van der Waals surface area contributed by atoms with Crippen LogP contribution in [0.15, 0.2) is 36.2 Å². The maximum atomic E-state index is 12.8. The van der Waals surface area contributed by atoms with Gasteiger partial charge in [-0.25, -0.2) is 9.97 Å². The standard InChI is InChI=1S/C23H29F3N4/c1-4-7-20(17-9-10-21(27-5-2)16(3)12-17)18-8-6-11-30(15-18)22-28-13-19(14-29-22)23(24,25)26/h9-10,12-14,27H,4-8,11,15H2,1-3H3/b20-18-. The van der Waals surface area contributed by atoms with Gasteiger partial charge >= 0.3 is 6.18 Å². The van der Waals surface area contributed by atoms with Crippen molar-refractivity contribution in [1.29, 1.82) is 0 Å². The minimum absolute atomic E-state index is 0.356. The molecule has 0 spiro atoms. The first-order chi connectivity index (χ1) is 14.3. The highest BCUT2D eigenvalue weighted by Crippen LogP contribution is 2.33. The van der Waals surface area contributed by atoms with Crippen molar-refractivity contribution in [2.24, 2.45) is 0 Å². The van der Waals surface area contributed by atoms with Gasteiger partial charge in [0, 0.05) is 37.7 Å². The number of nitrogens with zero attached hydrogens (tertiary/aromatic N) is 3. The number of piperidine rings is 1. The molecule has 30 heavy (non-hydrogen) atoms. The van der Waals surface area contributed by atoms with Crippen LogP contribution in [0, 0.1) is 6.92 Å². The Hall–Kier alpha value is -2.57. The van der Waals surface area contributed by atoms with Gasteiger partial charge in [-0.05, 0) is 67.5 Å². The number of halogens is 3. The summed E-state index contributed by atoms with van der Waals surface area (Å²) in [7, 11) is 0. The molecule has 1 aliphatic rings. The van der Waals surface area contributed by atoms with Gasteiger partial charge in [0.05, 0.1) is 5.56 Å². The zero-order valence-electron chi connectivity index (χ0n) is 17.8. The minimum Gasteiger partial charge on any atom is -0.385 e. The average molecular weight is 419 g/mol. The normalized spacial score (nSPS) is 16.5. The number of rotatable bonds is 6. The molecule has 4 nitrogen and oxygen atoms in total. The maximum absolute atomic E-state index is 12.8. The van der Waals surface area contributed by atoms with Crippen LogP contribution in [-0.4, -0.2) is 29.6 Å². The Labute approximate surface area is 176 Å². The molecule has 0 saturated carbocycles. The summed E-state index contributed by atoms with van der Waals surface area (Å²) < 4.78 is 38.4. The van der Waals surface area contributed by atoms with Crippen molar-refractivity contribution in [3.05, 3.63) is 52.9 Å². The summed E-state index contributed by atoms with van der Waals surface area (Å²) in [5, 5.41) is 3.38. The van der Waals surface area contributed by atoms with Crippen molar-refractivity contribution in [3.8, 4) is 0 Å². The average Bonchev–Trinajstić information content (AvgIpc) is 2.73. The van der Waals surface area contributed by atoms with Crippen LogP contribution in [0.4, 0.5) is 24.8 Å². The highest BCUT2D eigenvalue weighted by Gasteiger charge is 2.31. The monoisotopic (exact) mass is 418 g/mol. The molecule has 1 fully saturated rings. The van der Waals surface area contributed by atoms with Crippen LogP contribution in [0.1, 0.15) is 56.2 Å². The lowest BCUT2D eigenvalue weighted by Gasteiger charge is -2.31. The first-order valence-electron chi connectivity index (χ1n) is 10.5. The fourth-order valence-corrected chi connectivity index (χ4v) is 3.94. The Kier molecular flexibility index (Phi) is 7.00. The number of nitrogens with one attached hydrogen (secondary N) is 1. The molecule has 0 bridgehead atoms. The van der Waals surface area contributed by atoms with E-state index in [9.17, 15) is 13.2 Å². The van der Waals surface area contributed by atoms with Gasteiger partial charge in [0.1, 0.15) is 0 Å². The zero-order chi connectivity index (χ0) is 21.7. The third kappa shape index (κ3) is 5.12. The quantitative estimate of drug-likeness (QED) is 0.616. The van der Waals surface area contributed by atoms with Gasteiger partial charge < -0.3 is 10.2 Å². The molecule has 0 atom stereocenters. The van der Waals surface area contributed by atoms with E-state index in [1.807, 2.05) is 4.90 Å². The molecular weight excluding hydrogens is 389 g/mol. The van der Waals surface area contributed by atoms with E-state index >= 15 is 0 Å². The molecule has 1 aromatic carbocycles. The number of alkyl halides is 3. The molecule has 1 aromatic heterocycles. The van der Waals surface area contributed by atoms with Gasteiger partial charge in [0.15, 0.2) is 0 Å². The van der Waals surface area contributed by atoms with E-state index in [4.69, 9.17) is 0 Å². The molecule has 2 heterocycles. The van der Waals surface area contributed by atoms with Crippen LogP contribution < -0.4 is 10.2 Å². The van der Waals surface area contributed by atoms with Crippen LogP contribution in [-0.2, 0) is 6.18 Å². The van der Waals surface area contributed by atoms with E-state index in [1.165, 1.54) is 22.3 Å². The number of allylic oxidation sites excluding steroid dienone is 1. The number of anilines is 2. The smallest absolute Gasteiger partial charge is 0.385 e. The first-order valence-corrected chi connectivity index (χ1v) is 10.5. The Morgan fingerprint density at radius 1 is 1.17 bits per heavy atom. The van der Waals surface area contributed by atoms with Gasteiger partial charge in [-0.3, -0.25) is 0 Å². The van der Waals surface area contributed by atoms with Gasteiger partial charge in [-0.1, -0.05) is 19.4 Å². The summed E-state index contributed by atoms with van der Waals surface area (Å²) in [6, 6.07) is 6.52. The number of hydrogen-bond acceptors (Lipinski definition) is 4. The predicted molar refractivity (Wildman–Crippen MR) is 116 cm³/mol. The molecule has 162 valence electrons. The molecule has 0 aliphatic carbocycles. The summed E-state index contributed by atoms with van der Waals surface area (Å²) in [5.74, 6) is 0.356. The summed E-state index contributed by atoms with van der Waals surface area (Å²) in [6.45, 7) is 8.63. The van der Waals surface area contributed by atoms with Crippen molar-refractivity contribution in [2.75, 3.05) is 29.9 Å². The number of hydrogen-bond donors (Lipinski definition) is 1. The second-order valence-corrected chi connectivity index (χ2v) is 7.69. The van der Waals surface area contributed by atoms with Crippen molar-refractivity contribution in [3.63, 3.8) is 0 Å². The van der Waals surface area contributed by atoms with Crippen LogP contribution in [0.25, 0.3) is 5.57 Å². The third-order valence-electron chi connectivity index (χ3n) is 5.41. The molecule has 0 unspecified atom stereocenters. The van der Waals surface area contributed by atoms with Crippen LogP contribution in [0.5, 0.6) is 0 Å². The van der Waals surface area contributed by atoms with E-state index in [1.54, 1.807) is 0 Å². The van der Waals surface area contributed by atoms with Crippen molar-refractivity contribution >= 4 is 17.2 Å². The minimum atomic E-state index is -4.42. The second kappa shape index (κ2) is 9.49. The van der Waals surface area contributed by atoms with Gasteiger partial charge in [-0.2, -0.15) is 13.2 Å². The van der Waals surface area contributed by atoms with E-state index < -0.39 is 11.7 Å². The zero-order valence-corrected chi connectivity index (χ0v) is 17.8. The molecule has 3 rings (SSSR count). The van der Waals surface area contributed by atoms with E-state index in [-0.39, 0.29) is 0 Å². The Morgan fingerprint density at radius 3 is 2.50 bits per heavy atom. The Balaban J connectivity index is 1.88. The van der Waals surface area contributed by atoms with Crippen molar-refractivity contribution in [1.82, 2.24) is 9.97 Å². The summed E-state index contributed by atoms with van der Waals surface area (Å²) in [5.41, 5.74) is 5.42. The van der Waals surface area contributed by atoms with Crippen molar-refractivity contribution in [2.45, 2.75) is 52.6 Å². The molecule has 1 saturated heterocycles. The van der Waals surface area contributed by atoms with E-state index in [0.717, 1.165) is 56.9 Å². The Bertz CT molecular complexity index is 888. The van der Waals surface area contributed by atoms with Crippen LogP contribution in [0.2, 0.25) is 0 Å². The third-order valence-corrected chi connectivity index (χ3v) is 5.41. The summed E-state index contributed by atoms with van der Waals surface area (Å²) in [6.07, 6.45) is 1.24. The topological polar surface area (TPSA) is 41.1 Å². The van der Waals surface area contributed by atoms with Gasteiger partial charge in [0.25, 0.3) is 0 Å². The number of aromatic nitrogens is 2. The molecule has 7 heteroatoms. The second-order valence-electron chi connectivity index (χ2n) is 7.69. The number of aryl methyl sites for hydroxylation is 1. The number of benzene rings is 1. The predicted octanol–water partition coefficient (Wildman–Crippen LogP) is 6.09. The summed E-state index contributed by atoms with van der Waals surface area (Å²) >= 11 is 0. The van der Waals surface area contributed by atoms with Crippen LogP contribution >= 0.6 is 0 Å². The van der Waals surface area contributed by atoms with Crippen molar-refractivity contribution < 1.29 is 13.2 Å². The first kappa shape index (κ1) is 22.1. The fourth-order valence-electron chi connectivity index (χ4n) is 3.94. The van der Waals surface area contributed by atoms with Crippen LogP contribution in [0.3, 0.4) is 0 Å². The highest BCUT2D eigenvalue weighted by molar-refractivity contribution is 5.72. The largest absolute Gasteiger partial charge is 0.419 e. The molecule has 1 N–H and O–H groups in total. The molecular formula is C23H29F3N4. The van der Waals surface area contributed by atoms with Gasteiger partial charge in [0.2, 0.25) is 5.95 Å². The lowest BCUT2D eigenvalue weighted by molar-refractivity contribution is -0.138.